The van der Waals surface area contributed by atoms with E-state index < -0.39 is 5.54 Å². The Morgan fingerprint density at radius 3 is 2.16 bits per heavy atom. The fourth-order valence-corrected chi connectivity index (χ4v) is 7.94. The van der Waals surface area contributed by atoms with E-state index in [9.17, 15) is 19.2 Å². The van der Waals surface area contributed by atoms with Crippen molar-refractivity contribution in [1.29, 1.82) is 0 Å². The molecular formula is C46H55Cl2N5O4. The van der Waals surface area contributed by atoms with Gasteiger partial charge in [0.2, 0.25) is 11.8 Å². The van der Waals surface area contributed by atoms with Gasteiger partial charge in [-0.1, -0.05) is 115 Å². The number of ketones is 1. The molecule has 7 rings (SSSR count). The van der Waals surface area contributed by atoms with Crippen LogP contribution in [-0.2, 0) is 38.7 Å². The highest BCUT2D eigenvalue weighted by molar-refractivity contribution is 6.31. The zero-order chi connectivity index (χ0) is 40.8. The minimum absolute atomic E-state index is 0.0469. The number of hydrogen-bond donors (Lipinski definition) is 2. The van der Waals surface area contributed by atoms with E-state index in [1.165, 1.54) is 16.7 Å². The van der Waals surface area contributed by atoms with E-state index in [4.69, 9.17) is 23.2 Å². The lowest BCUT2D eigenvalue weighted by Gasteiger charge is -2.43. The minimum atomic E-state index is -0.862. The molecule has 3 aliphatic heterocycles. The number of piperidine rings is 1. The Morgan fingerprint density at radius 2 is 1.47 bits per heavy atom. The molecule has 3 amide bonds. The maximum absolute atomic E-state index is 14.0. The SMILES string of the molecule is CC.Cc1ccc(Cl)cc1.O=C(CN1CN(c2cccc(Cl)c2)C2(CCN(C(=O)CCCCC(=O)[C@H]3Cc4ccccc4CN3)CC2)C1=O)NCc1ccccc1. The number of fused-ring (bicyclic) bond motifs is 1. The third-order valence-electron chi connectivity index (χ3n) is 10.8. The van der Waals surface area contributed by atoms with Gasteiger partial charge in [-0.25, -0.2) is 0 Å². The van der Waals surface area contributed by atoms with Crippen molar-refractivity contribution < 1.29 is 19.2 Å². The van der Waals surface area contributed by atoms with Crippen LogP contribution in [0.1, 0.15) is 74.6 Å². The Bertz CT molecular complexity index is 1930. The Labute approximate surface area is 347 Å². The van der Waals surface area contributed by atoms with Gasteiger partial charge in [-0.3, -0.25) is 19.2 Å². The van der Waals surface area contributed by atoms with E-state index in [1.807, 2.05) is 111 Å². The summed E-state index contributed by atoms with van der Waals surface area (Å²) in [6.07, 6.45) is 3.78. The normalized spacial score (nSPS) is 16.8. The Morgan fingerprint density at radius 1 is 0.807 bits per heavy atom. The molecule has 0 bridgehead atoms. The summed E-state index contributed by atoms with van der Waals surface area (Å²) in [4.78, 5) is 58.5. The van der Waals surface area contributed by atoms with Crippen LogP contribution >= 0.6 is 23.2 Å². The summed E-state index contributed by atoms with van der Waals surface area (Å²) in [6.45, 7) is 8.24. The molecule has 2 fully saturated rings. The molecule has 1 atom stereocenters. The van der Waals surface area contributed by atoms with Crippen molar-refractivity contribution in [2.75, 3.05) is 31.2 Å². The van der Waals surface area contributed by atoms with Gasteiger partial charge in [0.05, 0.1) is 12.7 Å². The van der Waals surface area contributed by atoms with Crippen LogP contribution in [0.4, 0.5) is 5.69 Å². The van der Waals surface area contributed by atoms with Crippen LogP contribution in [0.15, 0.2) is 103 Å². The number of amides is 3. The summed E-state index contributed by atoms with van der Waals surface area (Å²) in [7, 11) is 0. The molecule has 2 saturated heterocycles. The molecule has 2 N–H and O–H groups in total. The van der Waals surface area contributed by atoms with Crippen LogP contribution in [0.3, 0.4) is 0 Å². The number of unbranched alkanes of at least 4 members (excludes halogenated alkanes) is 1. The third kappa shape index (κ3) is 11.7. The molecule has 4 aromatic carbocycles. The first-order valence-electron chi connectivity index (χ1n) is 20.1. The summed E-state index contributed by atoms with van der Waals surface area (Å²) < 4.78 is 0. The molecule has 3 heterocycles. The minimum Gasteiger partial charge on any atom is -0.350 e. The molecule has 57 heavy (non-hydrogen) atoms. The number of Topliss-reactive ketones (excluding diaryl/α,β-unsaturated/α-hetero) is 1. The standard InChI is InChI=1S/C37H42ClN5O4.C7H7Cl.C2H6/c38-30-13-8-14-31(22-30)43-26-42(25-34(45)40-23-27-9-2-1-3-10-27)36(47)37(43)17-19-41(20-18-37)35(46)16-7-6-15-33(44)32-21-28-11-4-5-12-29(28)24-39-32;1-6-2-4-7(8)5-3-6;1-2/h1-5,8-14,22,32,39H,6-7,15-21,23-26H2,(H,40,45);2-5H,1H3;1-2H3/t32-;;/m1../s1. The summed E-state index contributed by atoms with van der Waals surface area (Å²) in [5.74, 6) is -0.0719. The number of carbonyl (C=O) groups is 4. The van der Waals surface area contributed by atoms with Crippen LogP contribution in [0.2, 0.25) is 10.0 Å². The number of nitrogens with zero attached hydrogens (tertiary/aromatic N) is 3. The smallest absolute Gasteiger partial charge is 0.250 e. The van der Waals surface area contributed by atoms with Crippen molar-refractivity contribution in [2.24, 2.45) is 0 Å². The van der Waals surface area contributed by atoms with E-state index in [-0.39, 0.29) is 42.8 Å². The molecule has 0 aromatic heterocycles. The lowest BCUT2D eigenvalue weighted by Crippen LogP contribution is -2.57. The number of aryl methyl sites for hydroxylation is 1. The quantitative estimate of drug-likeness (QED) is 0.148. The second-order valence-electron chi connectivity index (χ2n) is 14.6. The van der Waals surface area contributed by atoms with Crippen LogP contribution in [0.25, 0.3) is 0 Å². The van der Waals surface area contributed by atoms with E-state index in [1.54, 1.807) is 11.0 Å². The zero-order valence-corrected chi connectivity index (χ0v) is 34.8. The van der Waals surface area contributed by atoms with Crippen molar-refractivity contribution in [3.63, 3.8) is 0 Å². The number of hydrogen-bond acceptors (Lipinski definition) is 6. The largest absolute Gasteiger partial charge is 0.350 e. The summed E-state index contributed by atoms with van der Waals surface area (Å²) in [5, 5.41) is 7.66. The number of halogens is 2. The molecule has 0 radical (unpaired) electrons. The number of carbonyl (C=O) groups excluding carboxylic acids is 4. The van der Waals surface area contributed by atoms with Gasteiger partial charge in [0, 0.05) is 54.8 Å². The predicted octanol–water partition coefficient (Wildman–Crippen LogP) is 8.14. The average molecular weight is 813 g/mol. The molecule has 0 aliphatic carbocycles. The molecule has 3 aliphatic rings. The van der Waals surface area contributed by atoms with Crippen molar-refractivity contribution in [2.45, 2.75) is 90.4 Å². The highest BCUT2D eigenvalue weighted by Crippen LogP contribution is 2.40. The van der Waals surface area contributed by atoms with Gasteiger partial charge in [0.25, 0.3) is 5.91 Å². The lowest BCUT2D eigenvalue weighted by atomic mass is 9.85. The van der Waals surface area contributed by atoms with Crippen LogP contribution in [-0.4, -0.2) is 71.2 Å². The molecule has 302 valence electrons. The molecule has 9 nitrogen and oxygen atoms in total. The summed E-state index contributed by atoms with van der Waals surface area (Å²) >= 11 is 12.0. The molecule has 0 unspecified atom stereocenters. The summed E-state index contributed by atoms with van der Waals surface area (Å²) in [5.41, 5.74) is 4.66. The average Bonchev–Trinajstić information content (AvgIpc) is 3.50. The van der Waals surface area contributed by atoms with Crippen LogP contribution in [0, 0.1) is 6.92 Å². The first-order valence-corrected chi connectivity index (χ1v) is 20.8. The van der Waals surface area contributed by atoms with Gasteiger partial charge in [0.1, 0.15) is 17.9 Å². The fourth-order valence-electron chi connectivity index (χ4n) is 7.63. The lowest BCUT2D eigenvalue weighted by molar-refractivity contribution is -0.140. The number of anilines is 1. The second-order valence-corrected chi connectivity index (χ2v) is 15.5. The first kappa shape index (κ1) is 43.4. The maximum atomic E-state index is 14.0. The summed E-state index contributed by atoms with van der Waals surface area (Å²) in [6, 6.07) is 32.9. The Hall–Kier alpha value is -4.70. The van der Waals surface area contributed by atoms with Gasteiger partial charge in [-0.05, 0) is 86.1 Å². The van der Waals surface area contributed by atoms with Crippen LogP contribution in [0.5, 0.6) is 0 Å². The number of likely N-dealkylation sites (tertiary alicyclic amines) is 1. The van der Waals surface area contributed by atoms with Crippen LogP contribution < -0.4 is 15.5 Å². The monoisotopic (exact) mass is 811 g/mol. The van der Waals surface area contributed by atoms with Crippen molar-refractivity contribution in [3.8, 4) is 0 Å². The highest BCUT2D eigenvalue weighted by Gasteiger charge is 2.54. The van der Waals surface area contributed by atoms with E-state index in [2.05, 4.69) is 27.7 Å². The van der Waals surface area contributed by atoms with Gasteiger partial charge in [-0.2, -0.15) is 0 Å². The fraction of sp³-hybridized carbons (Fsp3) is 0.391. The van der Waals surface area contributed by atoms with E-state index in [0.29, 0.717) is 76.1 Å². The van der Waals surface area contributed by atoms with Crippen molar-refractivity contribution >= 4 is 52.4 Å². The molecular weight excluding hydrogens is 757 g/mol. The van der Waals surface area contributed by atoms with E-state index >= 15 is 0 Å². The van der Waals surface area contributed by atoms with Gasteiger partial charge >= 0.3 is 0 Å². The van der Waals surface area contributed by atoms with Gasteiger partial charge < -0.3 is 25.3 Å². The molecule has 0 saturated carbocycles. The third-order valence-corrected chi connectivity index (χ3v) is 11.3. The predicted molar refractivity (Wildman–Crippen MR) is 229 cm³/mol. The topological polar surface area (TPSA) is 102 Å². The zero-order valence-electron chi connectivity index (χ0n) is 33.3. The van der Waals surface area contributed by atoms with Crippen molar-refractivity contribution in [1.82, 2.24) is 20.4 Å². The second kappa shape index (κ2) is 21.2. The first-order chi connectivity index (χ1) is 27.6. The van der Waals surface area contributed by atoms with Crippen molar-refractivity contribution in [3.05, 3.63) is 135 Å². The van der Waals surface area contributed by atoms with Gasteiger partial charge in [0.15, 0.2) is 0 Å². The van der Waals surface area contributed by atoms with E-state index in [0.717, 1.165) is 16.3 Å². The number of nitrogens with one attached hydrogen (secondary N) is 2. The molecule has 4 aromatic rings. The highest BCUT2D eigenvalue weighted by atomic mass is 35.5. The maximum Gasteiger partial charge on any atom is 0.250 e. The Kier molecular flexibility index (Phi) is 16.1. The number of rotatable bonds is 11. The molecule has 11 heteroatoms. The molecule has 1 spiro atoms. The Balaban J connectivity index is 0.000000547. The number of benzene rings is 4. The van der Waals surface area contributed by atoms with Gasteiger partial charge in [-0.15, -0.1) is 0 Å².